The fourth-order valence-electron chi connectivity index (χ4n) is 1.92. The van der Waals surface area contributed by atoms with Gasteiger partial charge in [0.15, 0.2) is 5.65 Å². The topological polar surface area (TPSA) is 52.3 Å². The molecule has 0 aliphatic heterocycles. The van der Waals surface area contributed by atoms with Gasteiger partial charge in [0.05, 0.1) is 5.69 Å². The lowest BCUT2D eigenvalue weighted by molar-refractivity contribution is -0.274. The molecule has 0 aliphatic carbocycles. The van der Waals surface area contributed by atoms with Crippen LogP contribution in [0.15, 0.2) is 36.4 Å². The van der Waals surface area contributed by atoms with Gasteiger partial charge in [-0.3, -0.25) is 0 Å². The maximum absolute atomic E-state index is 12.8. The predicted octanol–water partition coefficient (Wildman–Crippen LogP) is 3.63. The first-order valence-electron chi connectivity index (χ1n) is 6.20. The first-order valence-corrected chi connectivity index (χ1v) is 6.20. The van der Waals surface area contributed by atoms with E-state index in [1.54, 1.807) is 0 Å². The van der Waals surface area contributed by atoms with Crippen LogP contribution in [0.5, 0.6) is 5.75 Å². The van der Waals surface area contributed by atoms with Gasteiger partial charge in [-0.15, -0.1) is 23.4 Å². The first kappa shape index (κ1) is 15.1. The number of alkyl halides is 5. The maximum Gasteiger partial charge on any atom is 0.573 e. The van der Waals surface area contributed by atoms with Crippen LogP contribution in [-0.4, -0.2) is 26.2 Å². The fraction of sp³-hybridized carbons (Fsp3) is 0.154. The second kappa shape index (κ2) is 5.45. The highest BCUT2D eigenvalue weighted by molar-refractivity contribution is 5.61. The lowest BCUT2D eigenvalue weighted by Crippen LogP contribution is -2.16. The van der Waals surface area contributed by atoms with Crippen LogP contribution >= 0.6 is 0 Å². The summed E-state index contributed by atoms with van der Waals surface area (Å²) in [5.41, 5.74) is 0.842. The lowest BCUT2D eigenvalue weighted by atomic mass is 10.1. The van der Waals surface area contributed by atoms with Crippen LogP contribution in [0.4, 0.5) is 22.0 Å². The molecule has 120 valence electrons. The van der Waals surface area contributed by atoms with Gasteiger partial charge in [-0.05, 0) is 36.4 Å². The third-order valence-corrected chi connectivity index (χ3v) is 2.87. The van der Waals surface area contributed by atoms with E-state index in [4.69, 9.17) is 0 Å². The average Bonchev–Trinajstić information content (AvgIpc) is 2.89. The minimum atomic E-state index is -4.78. The molecule has 0 saturated heterocycles. The molecule has 3 rings (SSSR count). The van der Waals surface area contributed by atoms with E-state index in [1.165, 1.54) is 24.3 Å². The molecule has 0 atom stereocenters. The SMILES string of the molecule is FC(F)c1nnc2ccc(-c3ccc(OC(F)(F)F)cc3)nn12. The Balaban J connectivity index is 1.95. The Morgan fingerprint density at radius 2 is 1.65 bits per heavy atom. The van der Waals surface area contributed by atoms with Crippen molar-refractivity contribution < 1.29 is 26.7 Å². The monoisotopic (exact) mass is 330 g/mol. The number of halogens is 5. The molecule has 0 amide bonds. The van der Waals surface area contributed by atoms with E-state index >= 15 is 0 Å². The van der Waals surface area contributed by atoms with Gasteiger partial charge in [-0.25, -0.2) is 8.78 Å². The van der Waals surface area contributed by atoms with Gasteiger partial charge >= 0.3 is 6.36 Å². The molecule has 2 heterocycles. The van der Waals surface area contributed by atoms with E-state index in [9.17, 15) is 22.0 Å². The summed E-state index contributed by atoms with van der Waals surface area (Å²) in [6, 6.07) is 7.81. The minimum Gasteiger partial charge on any atom is -0.406 e. The van der Waals surface area contributed by atoms with E-state index in [0.29, 0.717) is 5.56 Å². The van der Waals surface area contributed by atoms with Crippen LogP contribution in [0.1, 0.15) is 12.2 Å². The smallest absolute Gasteiger partial charge is 0.406 e. The molecule has 2 aromatic heterocycles. The normalized spacial score (nSPS) is 12.1. The molecule has 23 heavy (non-hydrogen) atoms. The Morgan fingerprint density at radius 3 is 2.26 bits per heavy atom. The van der Waals surface area contributed by atoms with Gasteiger partial charge in [-0.2, -0.15) is 9.61 Å². The molecular weight excluding hydrogens is 323 g/mol. The van der Waals surface area contributed by atoms with E-state index < -0.39 is 18.6 Å². The van der Waals surface area contributed by atoms with E-state index in [1.807, 2.05) is 0 Å². The molecular formula is C13H7F5N4O. The number of ether oxygens (including phenoxy) is 1. The van der Waals surface area contributed by atoms with Gasteiger partial charge in [0, 0.05) is 5.56 Å². The third-order valence-electron chi connectivity index (χ3n) is 2.87. The van der Waals surface area contributed by atoms with Gasteiger partial charge in [0.1, 0.15) is 5.75 Å². The van der Waals surface area contributed by atoms with Crippen LogP contribution in [0.25, 0.3) is 16.9 Å². The number of nitrogens with zero attached hydrogens (tertiary/aromatic N) is 4. The Bertz CT molecular complexity index is 828. The second-order valence-electron chi connectivity index (χ2n) is 4.42. The van der Waals surface area contributed by atoms with E-state index in [-0.39, 0.29) is 17.1 Å². The molecule has 10 heteroatoms. The standard InChI is InChI=1S/C13H7F5N4O/c14-11(15)12-20-19-10-6-5-9(21-22(10)12)7-1-3-8(4-2-7)23-13(16,17)18/h1-6,11H. The van der Waals surface area contributed by atoms with Crippen LogP contribution in [0.2, 0.25) is 0 Å². The van der Waals surface area contributed by atoms with Crippen molar-refractivity contribution in [3.8, 4) is 17.0 Å². The van der Waals surface area contributed by atoms with Crippen molar-refractivity contribution in [2.45, 2.75) is 12.8 Å². The Kier molecular flexibility index (Phi) is 3.58. The zero-order valence-corrected chi connectivity index (χ0v) is 11.1. The predicted molar refractivity (Wildman–Crippen MR) is 67.9 cm³/mol. The number of aromatic nitrogens is 4. The molecule has 0 fully saturated rings. The zero-order valence-electron chi connectivity index (χ0n) is 11.1. The van der Waals surface area contributed by atoms with Gasteiger partial charge in [0.2, 0.25) is 5.82 Å². The Morgan fingerprint density at radius 1 is 0.957 bits per heavy atom. The molecule has 5 nitrogen and oxygen atoms in total. The summed E-state index contributed by atoms with van der Waals surface area (Å²) in [6.07, 6.45) is -7.64. The second-order valence-corrected chi connectivity index (χ2v) is 4.42. The molecule has 0 aliphatic rings. The summed E-state index contributed by atoms with van der Waals surface area (Å²) in [4.78, 5) is 0. The number of hydrogen-bond donors (Lipinski definition) is 0. The number of fused-ring (bicyclic) bond motifs is 1. The van der Waals surface area contributed by atoms with Crippen LogP contribution in [0, 0.1) is 0 Å². The van der Waals surface area contributed by atoms with E-state index in [0.717, 1.165) is 16.6 Å². The zero-order chi connectivity index (χ0) is 16.6. The maximum atomic E-state index is 12.8. The molecule has 0 saturated carbocycles. The van der Waals surface area contributed by atoms with Crippen molar-refractivity contribution in [3.05, 3.63) is 42.2 Å². The van der Waals surface area contributed by atoms with Crippen molar-refractivity contribution >= 4 is 5.65 Å². The summed E-state index contributed by atoms with van der Waals surface area (Å²) in [6.45, 7) is 0. The number of hydrogen-bond acceptors (Lipinski definition) is 4. The lowest BCUT2D eigenvalue weighted by Gasteiger charge is -2.09. The first-order chi connectivity index (χ1) is 10.8. The van der Waals surface area contributed by atoms with Crippen molar-refractivity contribution in [2.24, 2.45) is 0 Å². The van der Waals surface area contributed by atoms with Crippen LogP contribution in [0.3, 0.4) is 0 Å². The number of benzene rings is 1. The van der Waals surface area contributed by atoms with E-state index in [2.05, 4.69) is 20.0 Å². The minimum absolute atomic E-state index is 0.140. The molecule has 0 N–H and O–H groups in total. The summed E-state index contributed by atoms with van der Waals surface area (Å²) in [5, 5.41) is 10.9. The highest BCUT2D eigenvalue weighted by Crippen LogP contribution is 2.26. The fourth-order valence-corrected chi connectivity index (χ4v) is 1.92. The van der Waals surface area contributed by atoms with Gasteiger partial charge in [0.25, 0.3) is 6.43 Å². The van der Waals surface area contributed by atoms with Crippen LogP contribution in [-0.2, 0) is 0 Å². The Labute approximate surface area is 125 Å². The molecule has 0 spiro atoms. The third kappa shape index (κ3) is 3.20. The Hall–Kier alpha value is -2.78. The summed E-state index contributed by atoms with van der Waals surface area (Å²) in [5.74, 6) is -1.00. The van der Waals surface area contributed by atoms with Crippen LogP contribution < -0.4 is 4.74 Å². The highest BCUT2D eigenvalue weighted by Gasteiger charge is 2.31. The largest absolute Gasteiger partial charge is 0.573 e. The molecule has 1 aromatic carbocycles. The average molecular weight is 330 g/mol. The molecule has 0 unspecified atom stereocenters. The van der Waals surface area contributed by atoms with Crippen molar-refractivity contribution in [2.75, 3.05) is 0 Å². The molecule has 0 radical (unpaired) electrons. The highest BCUT2D eigenvalue weighted by atomic mass is 19.4. The quantitative estimate of drug-likeness (QED) is 0.688. The summed E-state index contributed by atoms with van der Waals surface area (Å²) >= 11 is 0. The summed E-state index contributed by atoms with van der Waals surface area (Å²) < 4.78 is 66.5. The van der Waals surface area contributed by atoms with Gasteiger partial charge in [-0.1, -0.05) is 0 Å². The van der Waals surface area contributed by atoms with Crippen molar-refractivity contribution in [1.82, 2.24) is 19.8 Å². The molecule has 0 bridgehead atoms. The number of rotatable bonds is 3. The van der Waals surface area contributed by atoms with Crippen molar-refractivity contribution in [1.29, 1.82) is 0 Å². The van der Waals surface area contributed by atoms with Crippen molar-refractivity contribution in [3.63, 3.8) is 0 Å². The molecule has 3 aromatic rings. The van der Waals surface area contributed by atoms with Gasteiger partial charge < -0.3 is 4.74 Å². The summed E-state index contributed by atoms with van der Waals surface area (Å²) in [7, 11) is 0.